The monoisotopic (exact) mass is 401 g/mol. The zero-order valence-electron chi connectivity index (χ0n) is 16.7. The molecule has 0 heterocycles. The average Bonchev–Trinajstić information content (AvgIpc) is 2.67. The molecule has 0 spiro atoms. The van der Waals surface area contributed by atoms with Crippen molar-refractivity contribution in [1.29, 1.82) is 0 Å². The summed E-state index contributed by atoms with van der Waals surface area (Å²) in [5, 5.41) is 3.37. The lowest BCUT2D eigenvalue weighted by molar-refractivity contribution is -0.149. The van der Waals surface area contributed by atoms with Crippen LogP contribution in [0.4, 0.5) is 5.69 Å². The van der Waals surface area contributed by atoms with Crippen LogP contribution in [0.3, 0.4) is 0 Å². The minimum Gasteiger partial charge on any atom is -0.455 e. The van der Waals surface area contributed by atoms with Gasteiger partial charge in [-0.15, -0.1) is 0 Å². The third-order valence-electron chi connectivity index (χ3n) is 4.55. The van der Waals surface area contributed by atoms with E-state index in [9.17, 15) is 9.59 Å². The molecule has 2 rings (SSSR count). The number of hydrogen-bond donors (Lipinski definition) is 1. The van der Waals surface area contributed by atoms with Gasteiger partial charge in [0, 0.05) is 10.7 Å². The number of rotatable bonds is 9. The van der Waals surface area contributed by atoms with Crippen LogP contribution >= 0.6 is 11.6 Å². The van der Waals surface area contributed by atoms with Gasteiger partial charge >= 0.3 is 5.97 Å². The molecule has 0 aliphatic carbocycles. The molecular weight excluding hydrogens is 374 g/mol. The molecule has 4 nitrogen and oxygen atoms in total. The number of amides is 1. The summed E-state index contributed by atoms with van der Waals surface area (Å²) in [6, 6.07) is 14.9. The van der Waals surface area contributed by atoms with Gasteiger partial charge in [-0.3, -0.25) is 9.59 Å². The summed E-state index contributed by atoms with van der Waals surface area (Å²) in [4.78, 5) is 24.7. The van der Waals surface area contributed by atoms with Crippen molar-refractivity contribution in [2.75, 3.05) is 11.9 Å². The van der Waals surface area contributed by atoms with Crippen LogP contribution in [0.2, 0.25) is 5.02 Å². The summed E-state index contributed by atoms with van der Waals surface area (Å²) in [6.45, 7) is 5.74. The van der Waals surface area contributed by atoms with E-state index in [0.717, 1.165) is 24.8 Å². The van der Waals surface area contributed by atoms with E-state index in [1.807, 2.05) is 50.2 Å². The molecule has 0 aliphatic rings. The van der Waals surface area contributed by atoms with Crippen LogP contribution in [-0.2, 0) is 20.7 Å². The van der Waals surface area contributed by atoms with Gasteiger partial charge < -0.3 is 10.1 Å². The van der Waals surface area contributed by atoms with Gasteiger partial charge in [-0.2, -0.15) is 0 Å². The molecule has 0 fully saturated rings. The Kier molecular flexibility index (Phi) is 8.52. The molecule has 28 heavy (non-hydrogen) atoms. The molecule has 5 heteroatoms. The molecule has 150 valence electrons. The number of hydrogen-bond acceptors (Lipinski definition) is 3. The Morgan fingerprint density at radius 3 is 2.25 bits per heavy atom. The molecule has 0 radical (unpaired) electrons. The van der Waals surface area contributed by atoms with Crippen molar-refractivity contribution in [3.8, 4) is 0 Å². The van der Waals surface area contributed by atoms with Gasteiger partial charge in [0.25, 0.3) is 5.91 Å². The van der Waals surface area contributed by atoms with Gasteiger partial charge in [0.15, 0.2) is 6.61 Å². The maximum absolute atomic E-state index is 12.5. The number of anilines is 1. The van der Waals surface area contributed by atoms with Crippen molar-refractivity contribution >= 4 is 29.2 Å². The molecule has 2 aromatic carbocycles. The number of unbranched alkanes of at least 4 members (excludes halogenated alkanes) is 1. The van der Waals surface area contributed by atoms with E-state index >= 15 is 0 Å². The highest BCUT2D eigenvalue weighted by molar-refractivity contribution is 6.30. The van der Waals surface area contributed by atoms with Crippen molar-refractivity contribution in [3.63, 3.8) is 0 Å². The minimum absolute atomic E-state index is 0.0346. The Bertz CT molecular complexity index is 769. The number of carbonyl (C=O) groups excluding carboxylic acids is 2. The number of benzene rings is 2. The predicted octanol–water partition coefficient (Wildman–Crippen LogP) is 5.60. The fraction of sp³-hybridized carbons (Fsp3) is 0.391. The number of carbonyl (C=O) groups is 2. The first kappa shape index (κ1) is 22.0. The van der Waals surface area contributed by atoms with E-state index in [4.69, 9.17) is 16.3 Å². The summed E-state index contributed by atoms with van der Waals surface area (Å²) < 4.78 is 5.28. The maximum atomic E-state index is 12.5. The van der Waals surface area contributed by atoms with Crippen LogP contribution in [-0.4, -0.2) is 18.5 Å². The first-order valence-corrected chi connectivity index (χ1v) is 10.1. The van der Waals surface area contributed by atoms with Crippen LogP contribution in [0.5, 0.6) is 0 Å². The second kappa shape index (κ2) is 10.9. The first-order chi connectivity index (χ1) is 13.4. The van der Waals surface area contributed by atoms with Crippen LogP contribution < -0.4 is 5.32 Å². The fourth-order valence-corrected chi connectivity index (χ4v) is 3.15. The smallest absolute Gasteiger partial charge is 0.314 e. The summed E-state index contributed by atoms with van der Waals surface area (Å²) in [6.07, 6.45) is 3.33. The number of ether oxygens (including phenoxy) is 1. The van der Waals surface area contributed by atoms with Gasteiger partial charge in [-0.25, -0.2) is 0 Å². The Morgan fingerprint density at radius 2 is 1.68 bits per heavy atom. The lowest BCUT2D eigenvalue weighted by Gasteiger charge is -2.20. The number of halogens is 1. The van der Waals surface area contributed by atoms with Crippen LogP contribution in [0.15, 0.2) is 48.5 Å². The van der Waals surface area contributed by atoms with Crippen molar-refractivity contribution in [2.45, 2.75) is 46.0 Å². The van der Waals surface area contributed by atoms with E-state index in [2.05, 4.69) is 12.2 Å². The Labute approximate surface area is 172 Å². The molecular formula is C23H28ClNO3. The molecule has 2 aromatic rings. The average molecular weight is 402 g/mol. The Balaban J connectivity index is 1.89. The van der Waals surface area contributed by atoms with Gasteiger partial charge in [0.1, 0.15) is 0 Å². The Hall–Kier alpha value is -2.33. The SMILES string of the molecule is CCCCc1ccc(NC(=O)COC(=O)[C@@H](c2ccc(Cl)cc2)C(C)C)cc1. The fourth-order valence-electron chi connectivity index (χ4n) is 3.02. The molecule has 1 atom stereocenters. The topological polar surface area (TPSA) is 55.4 Å². The normalized spacial score (nSPS) is 11.9. The summed E-state index contributed by atoms with van der Waals surface area (Å²) in [7, 11) is 0. The Morgan fingerprint density at radius 1 is 1.04 bits per heavy atom. The number of esters is 1. The third kappa shape index (κ3) is 6.68. The molecule has 1 N–H and O–H groups in total. The number of nitrogens with one attached hydrogen (secondary N) is 1. The highest BCUT2D eigenvalue weighted by atomic mass is 35.5. The molecule has 0 aliphatic heterocycles. The molecule has 0 aromatic heterocycles. The predicted molar refractivity (Wildman–Crippen MR) is 114 cm³/mol. The second-order valence-electron chi connectivity index (χ2n) is 7.23. The quantitative estimate of drug-likeness (QED) is 0.556. The van der Waals surface area contributed by atoms with Crippen molar-refractivity contribution in [3.05, 3.63) is 64.7 Å². The van der Waals surface area contributed by atoms with E-state index in [1.165, 1.54) is 5.56 Å². The van der Waals surface area contributed by atoms with Crippen molar-refractivity contribution < 1.29 is 14.3 Å². The molecule has 0 unspecified atom stereocenters. The first-order valence-electron chi connectivity index (χ1n) is 9.71. The maximum Gasteiger partial charge on any atom is 0.314 e. The van der Waals surface area contributed by atoms with Crippen molar-refractivity contribution in [2.24, 2.45) is 5.92 Å². The van der Waals surface area contributed by atoms with Gasteiger partial charge in [-0.1, -0.05) is 63.1 Å². The lowest BCUT2D eigenvalue weighted by Crippen LogP contribution is -2.26. The zero-order chi connectivity index (χ0) is 20.5. The van der Waals surface area contributed by atoms with Crippen LogP contribution in [0.25, 0.3) is 0 Å². The van der Waals surface area contributed by atoms with E-state index in [0.29, 0.717) is 10.7 Å². The third-order valence-corrected chi connectivity index (χ3v) is 4.80. The van der Waals surface area contributed by atoms with Gasteiger partial charge in [-0.05, 0) is 54.2 Å². The highest BCUT2D eigenvalue weighted by Crippen LogP contribution is 2.27. The minimum atomic E-state index is -0.442. The largest absolute Gasteiger partial charge is 0.455 e. The van der Waals surface area contributed by atoms with E-state index < -0.39 is 11.9 Å². The summed E-state index contributed by atoms with van der Waals surface area (Å²) >= 11 is 5.92. The van der Waals surface area contributed by atoms with Crippen molar-refractivity contribution in [1.82, 2.24) is 0 Å². The van der Waals surface area contributed by atoms with Crippen LogP contribution in [0.1, 0.15) is 50.7 Å². The molecule has 0 saturated heterocycles. The van der Waals surface area contributed by atoms with E-state index in [1.54, 1.807) is 12.1 Å². The zero-order valence-corrected chi connectivity index (χ0v) is 17.5. The second-order valence-corrected chi connectivity index (χ2v) is 7.67. The molecule has 0 saturated carbocycles. The van der Waals surface area contributed by atoms with Gasteiger partial charge in [0.05, 0.1) is 5.92 Å². The molecule has 0 bridgehead atoms. The summed E-state index contributed by atoms with van der Waals surface area (Å²) in [5.41, 5.74) is 2.76. The highest BCUT2D eigenvalue weighted by Gasteiger charge is 2.26. The molecule has 1 amide bonds. The van der Waals surface area contributed by atoms with Gasteiger partial charge in [0.2, 0.25) is 0 Å². The lowest BCUT2D eigenvalue weighted by atomic mass is 9.88. The standard InChI is InChI=1S/C23H28ClNO3/c1-4-5-6-17-7-13-20(14-8-17)25-21(26)15-28-23(27)22(16(2)3)18-9-11-19(24)12-10-18/h7-14,16,22H,4-6,15H2,1-3H3,(H,25,26)/t22-/m1/s1. The number of aryl methyl sites for hydroxylation is 1. The van der Waals surface area contributed by atoms with Crippen LogP contribution in [0, 0.1) is 5.92 Å². The van der Waals surface area contributed by atoms with E-state index in [-0.39, 0.29) is 18.4 Å². The summed E-state index contributed by atoms with van der Waals surface area (Å²) in [5.74, 6) is -1.18.